The quantitative estimate of drug-likeness (QED) is 0.695. The number of aliphatic hydroxyl groups is 2. The smallest absolute Gasteiger partial charge is 0.0673 e. The first-order valence-electron chi connectivity index (χ1n) is 7.54. The van der Waals surface area contributed by atoms with Gasteiger partial charge in [0, 0.05) is 5.41 Å². The van der Waals surface area contributed by atoms with Crippen LogP contribution in [0.5, 0.6) is 0 Å². The highest BCUT2D eigenvalue weighted by Crippen LogP contribution is 2.70. The van der Waals surface area contributed by atoms with Gasteiger partial charge in [-0.3, -0.25) is 0 Å². The van der Waals surface area contributed by atoms with E-state index in [1.54, 1.807) is 0 Å². The van der Waals surface area contributed by atoms with E-state index in [-0.39, 0.29) is 22.3 Å². The van der Waals surface area contributed by atoms with Crippen LogP contribution in [0.4, 0.5) is 0 Å². The molecule has 0 unspecified atom stereocenters. The van der Waals surface area contributed by atoms with Crippen molar-refractivity contribution in [2.75, 3.05) is 0 Å². The molecule has 5 atom stereocenters. The van der Waals surface area contributed by atoms with Crippen LogP contribution in [0.25, 0.3) is 0 Å². The predicted octanol–water partition coefficient (Wildman–Crippen LogP) is 3.11. The van der Waals surface area contributed by atoms with E-state index in [0.717, 1.165) is 32.1 Å². The van der Waals surface area contributed by atoms with E-state index in [2.05, 4.69) is 20.8 Å². The lowest BCUT2D eigenvalue weighted by Gasteiger charge is -2.61. The molecule has 0 aromatic heterocycles. The molecular weight excluding hydrogens is 224 g/mol. The second-order valence-corrected chi connectivity index (χ2v) is 8.54. The molecule has 1 spiro atoms. The molecule has 3 aliphatic carbocycles. The summed E-state index contributed by atoms with van der Waals surface area (Å²) in [5.74, 6) is 0.643. The molecule has 3 aliphatic rings. The fourth-order valence-electron chi connectivity index (χ4n) is 5.72. The summed E-state index contributed by atoms with van der Waals surface area (Å²) >= 11 is 0. The van der Waals surface area contributed by atoms with Crippen molar-refractivity contribution < 1.29 is 10.2 Å². The van der Waals surface area contributed by atoms with Crippen LogP contribution in [-0.4, -0.2) is 21.9 Å². The zero-order valence-electron chi connectivity index (χ0n) is 12.3. The van der Waals surface area contributed by atoms with Crippen LogP contribution in [0.2, 0.25) is 0 Å². The molecule has 104 valence electrons. The van der Waals surface area contributed by atoms with E-state index in [1.165, 1.54) is 6.42 Å². The third-order valence-corrected chi connectivity index (χ3v) is 7.10. The lowest BCUT2D eigenvalue weighted by molar-refractivity contribution is -0.189. The highest BCUT2D eigenvalue weighted by Gasteiger charge is 2.66. The summed E-state index contributed by atoms with van der Waals surface area (Å²) in [4.78, 5) is 0. The third kappa shape index (κ3) is 1.37. The molecule has 0 radical (unpaired) electrons. The van der Waals surface area contributed by atoms with Crippen LogP contribution in [0.3, 0.4) is 0 Å². The fraction of sp³-hybridized carbons (Fsp3) is 1.00. The lowest BCUT2D eigenvalue weighted by Crippen LogP contribution is -2.59. The van der Waals surface area contributed by atoms with E-state index in [9.17, 15) is 10.2 Å². The number of aliphatic hydroxyl groups excluding tert-OH is 1. The van der Waals surface area contributed by atoms with E-state index in [1.807, 2.05) is 6.92 Å². The molecule has 2 N–H and O–H groups in total. The monoisotopic (exact) mass is 252 g/mol. The topological polar surface area (TPSA) is 40.5 Å². The highest BCUT2D eigenvalue weighted by atomic mass is 16.3. The summed E-state index contributed by atoms with van der Waals surface area (Å²) in [7, 11) is 0. The zero-order chi connectivity index (χ0) is 13.4. The average molecular weight is 252 g/mol. The minimum Gasteiger partial charge on any atom is -0.393 e. The Hall–Kier alpha value is -0.0800. The van der Waals surface area contributed by atoms with Gasteiger partial charge in [-0.05, 0) is 62.2 Å². The molecule has 18 heavy (non-hydrogen) atoms. The fourth-order valence-corrected chi connectivity index (χ4v) is 5.72. The van der Waals surface area contributed by atoms with E-state index >= 15 is 0 Å². The van der Waals surface area contributed by atoms with Crippen molar-refractivity contribution in [3.8, 4) is 0 Å². The van der Waals surface area contributed by atoms with Gasteiger partial charge in [0.05, 0.1) is 11.7 Å². The van der Waals surface area contributed by atoms with Gasteiger partial charge in [-0.1, -0.05) is 20.8 Å². The molecule has 0 heterocycles. The van der Waals surface area contributed by atoms with Gasteiger partial charge in [0.2, 0.25) is 0 Å². The molecule has 0 aromatic carbocycles. The van der Waals surface area contributed by atoms with Crippen LogP contribution < -0.4 is 0 Å². The normalized spacial score (nSPS) is 58.3. The maximum atomic E-state index is 10.7. The molecule has 0 aliphatic heterocycles. The summed E-state index contributed by atoms with van der Waals surface area (Å²) in [6.45, 7) is 8.89. The number of hydrogen-bond acceptors (Lipinski definition) is 2. The van der Waals surface area contributed by atoms with E-state index in [0.29, 0.717) is 5.92 Å². The summed E-state index contributed by atoms with van der Waals surface area (Å²) < 4.78 is 0. The minimum absolute atomic E-state index is 0.00313. The molecular formula is C16H28O2. The lowest BCUT2D eigenvalue weighted by atomic mass is 9.46. The van der Waals surface area contributed by atoms with Gasteiger partial charge in [-0.15, -0.1) is 0 Å². The summed E-state index contributed by atoms with van der Waals surface area (Å²) in [5.41, 5.74) is -0.179. The summed E-state index contributed by atoms with van der Waals surface area (Å²) in [6.07, 6.45) is 5.95. The van der Waals surface area contributed by atoms with Crippen molar-refractivity contribution in [2.45, 2.75) is 77.9 Å². The van der Waals surface area contributed by atoms with Gasteiger partial charge < -0.3 is 10.2 Å². The van der Waals surface area contributed by atoms with Gasteiger partial charge in [0.15, 0.2) is 0 Å². The van der Waals surface area contributed by atoms with Crippen LogP contribution >= 0.6 is 0 Å². The van der Waals surface area contributed by atoms with Crippen LogP contribution in [0.1, 0.15) is 66.2 Å². The summed E-state index contributed by atoms with van der Waals surface area (Å²) in [5, 5.41) is 21.4. The first-order chi connectivity index (χ1) is 8.13. The van der Waals surface area contributed by atoms with Crippen molar-refractivity contribution >= 4 is 0 Å². The Balaban J connectivity index is 2.02. The molecule has 0 aromatic rings. The van der Waals surface area contributed by atoms with Gasteiger partial charge in [-0.2, -0.15) is 0 Å². The molecule has 0 amide bonds. The van der Waals surface area contributed by atoms with Crippen LogP contribution in [0, 0.1) is 22.2 Å². The molecule has 0 saturated heterocycles. The Bertz CT molecular complexity index is 373. The number of fused-ring (bicyclic) bond motifs is 1. The van der Waals surface area contributed by atoms with Crippen molar-refractivity contribution in [3.63, 3.8) is 0 Å². The van der Waals surface area contributed by atoms with Gasteiger partial charge in [0.25, 0.3) is 0 Å². The Labute approximate surface area is 111 Å². The maximum Gasteiger partial charge on any atom is 0.0673 e. The molecule has 3 saturated carbocycles. The zero-order valence-corrected chi connectivity index (χ0v) is 12.3. The molecule has 2 heteroatoms. The maximum absolute atomic E-state index is 10.7. The first-order valence-corrected chi connectivity index (χ1v) is 7.54. The average Bonchev–Trinajstić information content (AvgIpc) is 2.41. The minimum atomic E-state index is -0.546. The number of rotatable bonds is 0. The Morgan fingerprint density at radius 2 is 1.67 bits per heavy atom. The van der Waals surface area contributed by atoms with Crippen LogP contribution in [-0.2, 0) is 0 Å². The predicted molar refractivity (Wildman–Crippen MR) is 72.1 cm³/mol. The Morgan fingerprint density at radius 1 is 1.00 bits per heavy atom. The molecule has 2 nitrogen and oxygen atoms in total. The highest BCUT2D eigenvalue weighted by molar-refractivity contribution is 5.16. The second-order valence-electron chi connectivity index (χ2n) is 8.54. The van der Waals surface area contributed by atoms with Gasteiger partial charge in [-0.25, -0.2) is 0 Å². The Kier molecular flexibility index (Phi) is 2.39. The first kappa shape index (κ1) is 12.9. The molecule has 3 fully saturated rings. The second kappa shape index (κ2) is 3.32. The van der Waals surface area contributed by atoms with Gasteiger partial charge in [0.1, 0.15) is 0 Å². The van der Waals surface area contributed by atoms with Gasteiger partial charge >= 0.3 is 0 Å². The van der Waals surface area contributed by atoms with Crippen molar-refractivity contribution in [1.29, 1.82) is 0 Å². The van der Waals surface area contributed by atoms with Crippen LogP contribution in [0.15, 0.2) is 0 Å². The Morgan fingerprint density at radius 3 is 2.33 bits per heavy atom. The van der Waals surface area contributed by atoms with Crippen molar-refractivity contribution in [3.05, 3.63) is 0 Å². The molecule has 2 bridgehead atoms. The van der Waals surface area contributed by atoms with E-state index < -0.39 is 5.60 Å². The van der Waals surface area contributed by atoms with Crippen molar-refractivity contribution in [1.82, 2.24) is 0 Å². The number of hydrogen-bond donors (Lipinski definition) is 2. The third-order valence-electron chi connectivity index (χ3n) is 7.10. The molecule has 3 rings (SSSR count). The standard InChI is InChI=1S/C16H28O2/c1-13(2)9-12(17)16-8-7-15(4,18)14(3,10-16)6-5-11(13)16/h11-12,17-18H,5-10H2,1-4H3/t11-,12-,14+,15+,16-/m0/s1. The SMILES string of the molecule is CC1(C)C[C@H](O)[C@]23CC[C@@](C)(O)[C@](C)(CC[C@@H]12)C3. The largest absolute Gasteiger partial charge is 0.393 e. The van der Waals surface area contributed by atoms with Crippen molar-refractivity contribution in [2.24, 2.45) is 22.2 Å². The van der Waals surface area contributed by atoms with E-state index in [4.69, 9.17) is 0 Å². The summed E-state index contributed by atoms with van der Waals surface area (Å²) in [6, 6.07) is 0.